The highest BCUT2D eigenvalue weighted by Crippen LogP contribution is 2.55. The van der Waals surface area contributed by atoms with Gasteiger partial charge in [0.1, 0.15) is 0 Å². The first-order valence-corrected chi connectivity index (χ1v) is 20.2. The molecule has 0 radical (unpaired) electrons. The maximum absolute atomic E-state index is 15.7. The molecule has 0 saturated heterocycles. The van der Waals surface area contributed by atoms with Crippen molar-refractivity contribution < 1.29 is 4.57 Å². The molecule has 1 aliphatic rings. The lowest BCUT2D eigenvalue weighted by Crippen LogP contribution is -2.20. The van der Waals surface area contributed by atoms with Crippen LogP contribution >= 0.6 is 7.14 Å². The Balaban J connectivity index is 1.26. The molecule has 0 saturated carbocycles. The Morgan fingerprint density at radius 2 is 0.964 bits per heavy atom. The summed E-state index contributed by atoms with van der Waals surface area (Å²) < 4.78 is 18.0. The summed E-state index contributed by atoms with van der Waals surface area (Å²) in [4.78, 5) is 10.8. The van der Waals surface area contributed by atoms with Gasteiger partial charge in [0.15, 0.2) is 7.14 Å². The van der Waals surface area contributed by atoms with E-state index < -0.39 is 7.14 Å². The Morgan fingerprint density at radius 3 is 1.71 bits per heavy atom. The van der Waals surface area contributed by atoms with Crippen molar-refractivity contribution in [2.75, 3.05) is 0 Å². The minimum absolute atomic E-state index is 0.562. The van der Waals surface area contributed by atoms with Crippen molar-refractivity contribution in [3.05, 3.63) is 194 Å². The predicted octanol–water partition coefficient (Wildman–Crippen LogP) is 11.3. The predicted molar refractivity (Wildman–Crippen MR) is 229 cm³/mol. The standard InChI is InChI=1S/C50H32N3OP/c54-55(38-19-8-3-9-20-38)45-23-13-12-22-42(45)47-46(55)31-30-41-40-29-28-35-16-10-11-21-39(35)48(40)53(49(41)47)50-51-43(36-17-6-2-7-18-36)32-44(52-50)37-26-24-34(25-27-37)33-14-4-1-5-15-33/h1-32H. The van der Waals surface area contributed by atoms with Gasteiger partial charge in [0.2, 0.25) is 5.95 Å². The van der Waals surface area contributed by atoms with Crippen molar-refractivity contribution in [3.63, 3.8) is 0 Å². The third kappa shape index (κ3) is 4.82. The Bertz CT molecular complexity index is 3160. The molecular weight excluding hydrogens is 690 g/mol. The largest absolute Gasteiger partial charge is 0.309 e. The number of fused-ring (bicyclic) bond motifs is 9. The minimum Gasteiger partial charge on any atom is -0.309 e. The number of hydrogen-bond donors (Lipinski definition) is 0. The lowest BCUT2D eigenvalue weighted by molar-refractivity contribution is 0.593. The SMILES string of the molecule is O=P1(c2ccccc2)c2ccccc2-c2c1ccc1c3ccc4ccccc4c3n(-c3nc(-c4ccccc4)cc(-c4ccc(-c5ccccc5)cc4)n3)c21. The summed E-state index contributed by atoms with van der Waals surface area (Å²) >= 11 is 0. The van der Waals surface area contributed by atoms with E-state index >= 15 is 4.57 Å². The lowest BCUT2D eigenvalue weighted by atomic mass is 10.0. The van der Waals surface area contributed by atoms with Crippen LogP contribution in [0.3, 0.4) is 0 Å². The van der Waals surface area contributed by atoms with E-state index in [4.69, 9.17) is 9.97 Å². The van der Waals surface area contributed by atoms with E-state index in [-0.39, 0.29) is 0 Å². The summed E-state index contributed by atoms with van der Waals surface area (Å²) in [5, 5.41) is 6.93. The normalized spacial score (nSPS) is 14.7. The van der Waals surface area contributed by atoms with E-state index in [2.05, 4.69) is 126 Å². The zero-order chi connectivity index (χ0) is 36.5. The molecule has 1 atom stereocenters. The van der Waals surface area contributed by atoms with Gasteiger partial charge in [-0.3, -0.25) is 4.57 Å². The van der Waals surface area contributed by atoms with Crippen molar-refractivity contribution >= 4 is 55.6 Å². The average molecular weight is 722 g/mol. The smallest absolute Gasteiger partial charge is 0.235 e. The van der Waals surface area contributed by atoms with Gasteiger partial charge in [-0.1, -0.05) is 182 Å². The summed E-state index contributed by atoms with van der Waals surface area (Å²) in [7, 11) is -3.21. The first kappa shape index (κ1) is 31.6. The van der Waals surface area contributed by atoms with Gasteiger partial charge in [0, 0.05) is 48.8 Å². The summed E-state index contributed by atoms with van der Waals surface area (Å²) in [6.45, 7) is 0. The van der Waals surface area contributed by atoms with Crippen molar-refractivity contribution in [1.29, 1.82) is 0 Å². The molecular formula is C50H32N3OP. The van der Waals surface area contributed by atoms with Gasteiger partial charge in [0.05, 0.1) is 22.4 Å². The monoisotopic (exact) mass is 721 g/mol. The van der Waals surface area contributed by atoms with E-state index in [0.29, 0.717) is 5.95 Å². The summed E-state index contributed by atoms with van der Waals surface area (Å²) in [5.74, 6) is 0.562. The van der Waals surface area contributed by atoms with Crippen LogP contribution in [0.1, 0.15) is 0 Å². The number of aromatic nitrogens is 3. The molecule has 0 spiro atoms. The van der Waals surface area contributed by atoms with Gasteiger partial charge in [-0.15, -0.1) is 0 Å². The molecule has 0 aliphatic carbocycles. The molecule has 55 heavy (non-hydrogen) atoms. The third-order valence-corrected chi connectivity index (χ3v) is 14.2. The molecule has 0 bridgehead atoms. The van der Waals surface area contributed by atoms with Gasteiger partial charge in [-0.2, -0.15) is 0 Å². The van der Waals surface area contributed by atoms with E-state index in [9.17, 15) is 0 Å². The Labute approximate surface area is 318 Å². The van der Waals surface area contributed by atoms with Crippen LogP contribution in [-0.2, 0) is 4.57 Å². The van der Waals surface area contributed by atoms with Gasteiger partial charge in [-0.05, 0) is 34.2 Å². The molecule has 1 aliphatic heterocycles. The molecule has 11 rings (SSSR count). The molecule has 10 aromatic rings. The quantitative estimate of drug-likeness (QED) is 0.166. The lowest BCUT2D eigenvalue weighted by Gasteiger charge is -2.16. The van der Waals surface area contributed by atoms with Crippen LogP contribution in [0.4, 0.5) is 0 Å². The Morgan fingerprint density at radius 1 is 0.418 bits per heavy atom. The zero-order valence-electron chi connectivity index (χ0n) is 29.7. The number of hydrogen-bond acceptors (Lipinski definition) is 3. The summed E-state index contributed by atoms with van der Waals surface area (Å²) in [6.07, 6.45) is 0. The van der Waals surface area contributed by atoms with Gasteiger partial charge in [0.25, 0.3) is 0 Å². The molecule has 0 N–H and O–H groups in total. The highest BCUT2D eigenvalue weighted by molar-refractivity contribution is 7.86. The molecule has 2 aromatic heterocycles. The molecule has 4 nitrogen and oxygen atoms in total. The third-order valence-electron chi connectivity index (χ3n) is 11.0. The van der Waals surface area contributed by atoms with Crippen molar-refractivity contribution in [2.24, 2.45) is 0 Å². The fourth-order valence-electron chi connectivity index (χ4n) is 8.49. The molecule has 5 heteroatoms. The Kier molecular flexibility index (Phi) is 7.10. The molecule has 0 amide bonds. The van der Waals surface area contributed by atoms with E-state index in [1.54, 1.807) is 0 Å². The molecule has 1 unspecified atom stereocenters. The summed E-state index contributed by atoms with van der Waals surface area (Å²) in [6, 6.07) is 66.8. The van der Waals surface area contributed by atoms with E-state index in [0.717, 1.165) is 87.7 Å². The highest BCUT2D eigenvalue weighted by Gasteiger charge is 2.42. The summed E-state index contributed by atoms with van der Waals surface area (Å²) in [5.41, 5.74) is 9.90. The average Bonchev–Trinajstić information content (AvgIpc) is 3.75. The molecule has 258 valence electrons. The first-order chi connectivity index (χ1) is 27.2. The number of rotatable bonds is 5. The van der Waals surface area contributed by atoms with Crippen LogP contribution in [0, 0.1) is 0 Å². The molecule has 3 heterocycles. The Hall–Kier alpha value is -6.87. The van der Waals surface area contributed by atoms with Crippen LogP contribution in [0.2, 0.25) is 0 Å². The number of benzene rings is 8. The van der Waals surface area contributed by atoms with E-state index in [1.807, 2.05) is 72.8 Å². The van der Waals surface area contributed by atoms with Crippen molar-refractivity contribution in [1.82, 2.24) is 14.5 Å². The fraction of sp³-hybridized carbons (Fsp3) is 0. The highest BCUT2D eigenvalue weighted by atomic mass is 31.2. The van der Waals surface area contributed by atoms with Crippen LogP contribution < -0.4 is 15.9 Å². The van der Waals surface area contributed by atoms with Gasteiger partial charge < -0.3 is 4.57 Å². The van der Waals surface area contributed by atoms with Gasteiger partial charge >= 0.3 is 0 Å². The second-order valence-electron chi connectivity index (χ2n) is 14.1. The van der Waals surface area contributed by atoms with Crippen LogP contribution in [-0.4, -0.2) is 14.5 Å². The van der Waals surface area contributed by atoms with Crippen LogP contribution in [0.5, 0.6) is 0 Å². The fourth-order valence-corrected chi connectivity index (χ4v) is 11.5. The van der Waals surface area contributed by atoms with Crippen molar-refractivity contribution in [3.8, 4) is 50.7 Å². The topological polar surface area (TPSA) is 47.8 Å². The second-order valence-corrected chi connectivity index (χ2v) is 16.8. The van der Waals surface area contributed by atoms with Crippen molar-refractivity contribution in [2.45, 2.75) is 0 Å². The maximum atomic E-state index is 15.7. The second kappa shape index (κ2) is 12.3. The van der Waals surface area contributed by atoms with E-state index in [1.165, 1.54) is 5.56 Å². The zero-order valence-corrected chi connectivity index (χ0v) is 30.6. The maximum Gasteiger partial charge on any atom is 0.235 e. The molecule has 8 aromatic carbocycles. The number of nitrogens with zero attached hydrogens (tertiary/aromatic N) is 3. The van der Waals surface area contributed by atoms with Crippen LogP contribution in [0.15, 0.2) is 194 Å². The minimum atomic E-state index is -3.21. The van der Waals surface area contributed by atoms with Crippen LogP contribution in [0.25, 0.3) is 83.3 Å². The first-order valence-electron chi connectivity index (χ1n) is 18.5. The molecule has 0 fully saturated rings. The van der Waals surface area contributed by atoms with Gasteiger partial charge in [-0.25, -0.2) is 9.97 Å².